The molecular weight excluding hydrogens is 212 g/mol. The number of likely N-dealkylation sites (tertiary alicyclic amines) is 1. The molecule has 0 unspecified atom stereocenters. The number of hydrogen-bond acceptors (Lipinski definition) is 2. The summed E-state index contributed by atoms with van der Waals surface area (Å²) in [6, 6.07) is 0. The number of nitrogens with one attached hydrogen (secondary N) is 1. The minimum absolute atomic E-state index is 0.337. The molecule has 1 rings (SSSR count). The summed E-state index contributed by atoms with van der Waals surface area (Å²) in [5.41, 5.74) is 0. The van der Waals surface area contributed by atoms with E-state index in [1.165, 1.54) is 32.1 Å². The number of rotatable bonds is 6. The van der Waals surface area contributed by atoms with E-state index in [-0.39, 0.29) is 0 Å². The Bertz CT molecular complexity index is 208. The van der Waals surface area contributed by atoms with Crippen LogP contribution in [0.25, 0.3) is 0 Å². The molecule has 0 aromatic carbocycles. The molecule has 1 aliphatic heterocycles. The number of amides is 1. The molecule has 0 aliphatic carbocycles. The van der Waals surface area contributed by atoms with Crippen molar-refractivity contribution in [1.29, 1.82) is 0 Å². The number of carbonyl (C=O) groups excluding carboxylic acids is 1. The van der Waals surface area contributed by atoms with Crippen molar-refractivity contribution in [2.24, 2.45) is 5.92 Å². The smallest absolute Gasteiger partial charge is 0.223 e. The van der Waals surface area contributed by atoms with Crippen molar-refractivity contribution in [2.45, 2.75) is 52.4 Å². The van der Waals surface area contributed by atoms with Crippen LogP contribution in [0.1, 0.15) is 52.4 Å². The lowest BCUT2D eigenvalue weighted by atomic mass is 10.1. The zero-order valence-electron chi connectivity index (χ0n) is 11.5. The van der Waals surface area contributed by atoms with Gasteiger partial charge < -0.3 is 10.2 Å². The molecule has 3 nitrogen and oxygen atoms in total. The molecule has 0 aromatic rings. The van der Waals surface area contributed by atoms with E-state index in [1.807, 2.05) is 0 Å². The SMILES string of the molecule is CC(C)CCNCCC(=O)N1CCCCCC1. The van der Waals surface area contributed by atoms with E-state index in [1.54, 1.807) is 0 Å². The molecule has 1 aliphatic rings. The molecule has 0 aromatic heterocycles. The first-order valence-electron chi connectivity index (χ1n) is 7.18. The van der Waals surface area contributed by atoms with E-state index in [9.17, 15) is 4.79 Å². The fourth-order valence-corrected chi connectivity index (χ4v) is 2.19. The fraction of sp³-hybridized carbons (Fsp3) is 0.929. The minimum atomic E-state index is 0.337. The van der Waals surface area contributed by atoms with Crippen LogP contribution in [0.5, 0.6) is 0 Å². The molecule has 1 heterocycles. The molecule has 17 heavy (non-hydrogen) atoms. The monoisotopic (exact) mass is 240 g/mol. The van der Waals surface area contributed by atoms with Crippen LogP contribution in [-0.4, -0.2) is 37.0 Å². The second-order valence-corrected chi connectivity index (χ2v) is 5.48. The van der Waals surface area contributed by atoms with Crippen LogP contribution in [0.15, 0.2) is 0 Å². The van der Waals surface area contributed by atoms with Gasteiger partial charge in [0.1, 0.15) is 0 Å². The average molecular weight is 240 g/mol. The maximum absolute atomic E-state index is 11.9. The van der Waals surface area contributed by atoms with Crippen molar-refractivity contribution < 1.29 is 4.79 Å². The summed E-state index contributed by atoms with van der Waals surface area (Å²) in [6.07, 6.45) is 6.81. The van der Waals surface area contributed by atoms with E-state index in [4.69, 9.17) is 0 Å². The van der Waals surface area contributed by atoms with Gasteiger partial charge in [-0.05, 0) is 31.7 Å². The first kappa shape index (κ1) is 14.5. The Kier molecular flexibility index (Phi) is 7.25. The molecule has 0 atom stereocenters. The van der Waals surface area contributed by atoms with E-state index >= 15 is 0 Å². The summed E-state index contributed by atoms with van der Waals surface area (Å²) in [5, 5.41) is 3.35. The highest BCUT2D eigenvalue weighted by Crippen LogP contribution is 2.10. The Labute approximate surface area is 106 Å². The third-order valence-corrected chi connectivity index (χ3v) is 3.37. The van der Waals surface area contributed by atoms with Crippen molar-refractivity contribution in [1.82, 2.24) is 10.2 Å². The topological polar surface area (TPSA) is 32.3 Å². The van der Waals surface area contributed by atoms with Gasteiger partial charge in [-0.1, -0.05) is 26.7 Å². The number of carbonyl (C=O) groups is 1. The Morgan fingerprint density at radius 1 is 1.12 bits per heavy atom. The summed E-state index contributed by atoms with van der Waals surface area (Å²) in [7, 11) is 0. The molecule has 1 N–H and O–H groups in total. The molecular formula is C14H28N2O. The number of hydrogen-bond donors (Lipinski definition) is 1. The van der Waals surface area contributed by atoms with Gasteiger partial charge >= 0.3 is 0 Å². The van der Waals surface area contributed by atoms with Crippen LogP contribution in [0, 0.1) is 5.92 Å². The van der Waals surface area contributed by atoms with Crippen molar-refractivity contribution in [3.63, 3.8) is 0 Å². The molecule has 1 saturated heterocycles. The molecule has 0 bridgehead atoms. The highest BCUT2D eigenvalue weighted by Gasteiger charge is 2.14. The highest BCUT2D eigenvalue weighted by atomic mass is 16.2. The van der Waals surface area contributed by atoms with Gasteiger partial charge in [0.05, 0.1) is 0 Å². The average Bonchev–Trinajstić information content (AvgIpc) is 2.56. The lowest BCUT2D eigenvalue weighted by Crippen LogP contribution is -2.34. The van der Waals surface area contributed by atoms with Gasteiger partial charge in [-0.25, -0.2) is 0 Å². The second kappa shape index (κ2) is 8.51. The maximum Gasteiger partial charge on any atom is 0.223 e. The van der Waals surface area contributed by atoms with E-state index < -0.39 is 0 Å². The van der Waals surface area contributed by atoms with Crippen LogP contribution in [0.2, 0.25) is 0 Å². The molecule has 1 amide bonds. The molecule has 0 radical (unpaired) electrons. The zero-order valence-corrected chi connectivity index (χ0v) is 11.5. The third kappa shape index (κ3) is 6.67. The summed E-state index contributed by atoms with van der Waals surface area (Å²) in [6.45, 7) is 8.27. The van der Waals surface area contributed by atoms with Crippen LogP contribution < -0.4 is 5.32 Å². The van der Waals surface area contributed by atoms with Gasteiger partial charge in [-0.3, -0.25) is 4.79 Å². The first-order valence-corrected chi connectivity index (χ1v) is 7.18. The molecule has 3 heteroatoms. The Hall–Kier alpha value is -0.570. The first-order chi connectivity index (χ1) is 8.20. The van der Waals surface area contributed by atoms with Crippen molar-refractivity contribution in [2.75, 3.05) is 26.2 Å². The quantitative estimate of drug-likeness (QED) is 0.723. The predicted octanol–water partition coefficient (Wildman–Crippen LogP) is 2.41. The van der Waals surface area contributed by atoms with E-state index in [0.29, 0.717) is 12.3 Å². The van der Waals surface area contributed by atoms with Crippen molar-refractivity contribution in [3.8, 4) is 0 Å². The van der Waals surface area contributed by atoms with Gasteiger partial charge in [0.2, 0.25) is 5.91 Å². The Morgan fingerprint density at radius 2 is 1.76 bits per heavy atom. The third-order valence-electron chi connectivity index (χ3n) is 3.37. The van der Waals surface area contributed by atoms with Gasteiger partial charge in [0.15, 0.2) is 0 Å². The number of nitrogens with zero attached hydrogens (tertiary/aromatic N) is 1. The van der Waals surface area contributed by atoms with Crippen molar-refractivity contribution in [3.05, 3.63) is 0 Å². The molecule has 100 valence electrons. The standard InChI is InChI=1S/C14H28N2O/c1-13(2)7-9-15-10-8-14(17)16-11-5-3-4-6-12-16/h13,15H,3-12H2,1-2H3. The zero-order chi connectivity index (χ0) is 12.5. The van der Waals surface area contributed by atoms with E-state index in [2.05, 4.69) is 24.1 Å². The summed E-state index contributed by atoms with van der Waals surface area (Å²) >= 11 is 0. The normalized spacial score (nSPS) is 17.2. The molecule has 0 spiro atoms. The molecule has 1 fully saturated rings. The van der Waals surface area contributed by atoms with Crippen molar-refractivity contribution >= 4 is 5.91 Å². The Balaban J connectivity index is 2.07. The summed E-state index contributed by atoms with van der Waals surface area (Å²) in [4.78, 5) is 14.0. The second-order valence-electron chi connectivity index (χ2n) is 5.48. The maximum atomic E-state index is 11.9. The predicted molar refractivity (Wildman–Crippen MR) is 72.0 cm³/mol. The van der Waals surface area contributed by atoms with Gasteiger partial charge in [-0.15, -0.1) is 0 Å². The fourth-order valence-electron chi connectivity index (χ4n) is 2.19. The van der Waals surface area contributed by atoms with Gasteiger partial charge in [0, 0.05) is 26.1 Å². The Morgan fingerprint density at radius 3 is 2.35 bits per heavy atom. The van der Waals surface area contributed by atoms with E-state index in [0.717, 1.165) is 32.1 Å². The largest absolute Gasteiger partial charge is 0.343 e. The lowest BCUT2D eigenvalue weighted by molar-refractivity contribution is -0.131. The van der Waals surface area contributed by atoms with Crippen LogP contribution in [-0.2, 0) is 4.79 Å². The summed E-state index contributed by atoms with van der Waals surface area (Å²) in [5.74, 6) is 1.08. The minimum Gasteiger partial charge on any atom is -0.343 e. The summed E-state index contributed by atoms with van der Waals surface area (Å²) < 4.78 is 0. The lowest BCUT2D eigenvalue weighted by Gasteiger charge is -2.20. The molecule has 0 saturated carbocycles. The van der Waals surface area contributed by atoms with Crippen LogP contribution in [0.3, 0.4) is 0 Å². The van der Waals surface area contributed by atoms with Gasteiger partial charge in [-0.2, -0.15) is 0 Å². The van der Waals surface area contributed by atoms with Crippen LogP contribution >= 0.6 is 0 Å². The van der Waals surface area contributed by atoms with Crippen LogP contribution in [0.4, 0.5) is 0 Å². The highest BCUT2D eigenvalue weighted by molar-refractivity contribution is 5.76. The van der Waals surface area contributed by atoms with Gasteiger partial charge in [0.25, 0.3) is 0 Å².